The molecule has 7 nitrogen and oxygen atoms in total. The summed E-state index contributed by atoms with van der Waals surface area (Å²) < 4.78 is 26.3. The van der Waals surface area contributed by atoms with Crippen molar-refractivity contribution in [2.24, 2.45) is 0 Å². The first-order valence-electron chi connectivity index (χ1n) is 5.90. The van der Waals surface area contributed by atoms with Gasteiger partial charge in [0.05, 0.1) is 10.6 Å². The number of rotatable bonds is 5. The molecular formula is C13H12N2O5S. The molecule has 2 N–H and O–H groups in total. The third-order valence-corrected chi connectivity index (χ3v) is 3.93. The van der Waals surface area contributed by atoms with Crippen molar-refractivity contribution in [2.75, 3.05) is 4.72 Å². The maximum Gasteiger partial charge on any atom is 0.273 e. The standard InChI is InChI=1S/C13H12N2O5S/c16-13-8-4-2-6-11(13)14-21(19,20)9-10-5-1-3-7-12(10)15(17)18/h1-8,14,16H,9H2. The van der Waals surface area contributed by atoms with Crippen LogP contribution in [0.5, 0.6) is 5.75 Å². The van der Waals surface area contributed by atoms with E-state index in [0.29, 0.717) is 0 Å². The maximum atomic E-state index is 12.1. The third-order valence-electron chi connectivity index (χ3n) is 2.70. The van der Waals surface area contributed by atoms with Gasteiger partial charge in [-0.3, -0.25) is 14.8 Å². The molecule has 0 aliphatic carbocycles. The lowest BCUT2D eigenvalue weighted by atomic mass is 10.2. The Morgan fingerprint density at radius 1 is 1.10 bits per heavy atom. The van der Waals surface area contributed by atoms with Crippen LogP contribution < -0.4 is 4.72 Å². The number of nitro groups is 1. The maximum absolute atomic E-state index is 12.1. The highest BCUT2D eigenvalue weighted by Crippen LogP contribution is 2.25. The second-order valence-electron chi connectivity index (χ2n) is 4.26. The number of hydrogen-bond acceptors (Lipinski definition) is 5. The Kier molecular flexibility index (Phi) is 4.08. The summed E-state index contributed by atoms with van der Waals surface area (Å²) in [6.07, 6.45) is 0. The summed E-state index contributed by atoms with van der Waals surface area (Å²) in [6, 6.07) is 11.4. The fourth-order valence-electron chi connectivity index (χ4n) is 1.78. The molecule has 0 saturated heterocycles. The van der Waals surface area contributed by atoms with E-state index < -0.39 is 20.7 Å². The topological polar surface area (TPSA) is 110 Å². The van der Waals surface area contributed by atoms with Crippen LogP contribution in [0.3, 0.4) is 0 Å². The lowest BCUT2D eigenvalue weighted by Crippen LogP contribution is -2.15. The van der Waals surface area contributed by atoms with Crippen molar-refractivity contribution in [2.45, 2.75) is 5.75 Å². The quantitative estimate of drug-likeness (QED) is 0.500. The Morgan fingerprint density at radius 3 is 2.38 bits per heavy atom. The van der Waals surface area contributed by atoms with E-state index >= 15 is 0 Å². The Labute approximate surface area is 121 Å². The van der Waals surface area contributed by atoms with Gasteiger partial charge < -0.3 is 5.11 Å². The van der Waals surface area contributed by atoms with Crippen LogP contribution in [0.1, 0.15) is 5.56 Å². The third kappa shape index (κ3) is 3.69. The van der Waals surface area contributed by atoms with Crippen molar-refractivity contribution in [3.8, 4) is 5.75 Å². The fourth-order valence-corrected chi connectivity index (χ4v) is 3.01. The van der Waals surface area contributed by atoms with E-state index in [0.717, 1.165) is 0 Å². The highest BCUT2D eigenvalue weighted by Gasteiger charge is 2.20. The number of nitrogens with zero attached hydrogens (tertiary/aromatic N) is 1. The molecule has 8 heteroatoms. The number of phenolic OH excluding ortho intramolecular Hbond substituents is 1. The summed E-state index contributed by atoms with van der Waals surface area (Å²) in [6.45, 7) is 0. The SMILES string of the molecule is O=[N+]([O-])c1ccccc1CS(=O)(=O)Nc1ccccc1O. The predicted octanol–water partition coefficient (Wildman–Crippen LogP) is 2.24. The lowest BCUT2D eigenvalue weighted by Gasteiger charge is -2.09. The first-order valence-corrected chi connectivity index (χ1v) is 7.55. The Morgan fingerprint density at radius 2 is 1.71 bits per heavy atom. The van der Waals surface area contributed by atoms with Crippen LogP contribution in [0.2, 0.25) is 0 Å². The van der Waals surface area contributed by atoms with Gasteiger partial charge in [-0.2, -0.15) is 0 Å². The number of phenols is 1. The molecule has 21 heavy (non-hydrogen) atoms. The van der Waals surface area contributed by atoms with Gasteiger partial charge in [0.1, 0.15) is 11.5 Å². The van der Waals surface area contributed by atoms with Crippen molar-refractivity contribution >= 4 is 21.4 Å². The average Bonchev–Trinajstić information content (AvgIpc) is 2.41. The van der Waals surface area contributed by atoms with Crippen molar-refractivity contribution in [3.63, 3.8) is 0 Å². The Bertz CT molecular complexity index is 774. The molecule has 0 fully saturated rings. The van der Waals surface area contributed by atoms with E-state index in [1.807, 2.05) is 0 Å². The Balaban J connectivity index is 2.27. The van der Waals surface area contributed by atoms with Crippen LogP contribution >= 0.6 is 0 Å². The zero-order valence-corrected chi connectivity index (χ0v) is 11.6. The van der Waals surface area contributed by atoms with Crippen molar-refractivity contribution in [3.05, 3.63) is 64.2 Å². The van der Waals surface area contributed by atoms with Crippen molar-refractivity contribution in [1.82, 2.24) is 0 Å². The fraction of sp³-hybridized carbons (Fsp3) is 0.0769. The average molecular weight is 308 g/mol. The summed E-state index contributed by atoms with van der Waals surface area (Å²) in [5.74, 6) is -0.776. The molecule has 0 amide bonds. The molecule has 0 aliphatic heterocycles. The number of aromatic hydroxyl groups is 1. The van der Waals surface area contributed by atoms with Gasteiger partial charge in [-0.15, -0.1) is 0 Å². The molecule has 0 heterocycles. The minimum absolute atomic E-state index is 0.0242. The number of anilines is 1. The summed E-state index contributed by atoms with van der Waals surface area (Å²) in [5, 5.41) is 20.4. The van der Waals surface area contributed by atoms with E-state index in [1.165, 1.54) is 36.4 Å². The van der Waals surface area contributed by atoms with Gasteiger partial charge in [0.25, 0.3) is 5.69 Å². The van der Waals surface area contributed by atoms with Crippen molar-refractivity contribution in [1.29, 1.82) is 0 Å². The summed E-state index contributed by atoms with van der Waals surface area (Å²) in [7, 11) is -3.88. The molecule has 2 aromatic carbocycles. The predicted molar refractivity (Wildman–Crippen MR) is 77.4 cm³/mol. The number of nitrogens with one attached hydrogen (secondary N) is 1. The van der Waals surface area contributed by atoms with E-state index in [1.54, 1.807) is 12.1 Å². The zero-order valence-electron chi connectivity index (χ0n) is 10.8. The molecule has 0 radical (unpaired) electrons. The monoisotopic (exact) mass is 308 g/mol. The number of nitro benzene ring substituents is 1. The number of benzene rings is 2. The van der Waals surface area contributed by atoms with Gasteiger partial charge in [-0.25, -0.2) is 8.42 Å². The normalized spacial score (nSPS) is 11.0. The highest BCUT2D eigenvalue weighted by atomic mass is 32.2. The summed E-state index contributed by atoms with van der Waals surface area (Å²) in [5.41, 5.74) is -0.165. The van der Waals surface area contributed by atoms with Crippen LogP contribution in [0, 0.1) is 10.1 Å². The van der Waals surface area contributed by atoms with Crippen LogP contribution in [0.25, 0.3) is 0 Å². The van der Waals surface area contributed by atoms with Gasteiger partial charge in [-0.1, -0.05) is 30.3 Å². The molecule has 0 atom stereocenters. The van der Waals surface area contributed by atoms with E-state index in [2.05, 4.69) is 4.72 Å². The van der Waals surface area contributed by atoms with Gasteiger partial charge in [-0.05, 0) is 12.1 Å². The first kappa shape index (κ1) is 14.8. The molecule has 0 saturated carbocycles. The molecular weight excluding hydrogens is 296 g/mol. The van der Waals surface area contributed by atoms with Crippen LogP contribution in [-0.4, -0.2) is 18.4 Å². The molecule has 0 unspecified atom stereocenters. The molecule has 110 valence electrons. The molecule has 0 spiro atoms. The van der Waals surface area contributed by atoms with Crippen LogP contribution in [-0.2, 0) is 15.8 Å². The molecule has 2 rings (SSSR count). The smallest absolute Gasteiger partial charge is 0.273 e. The summed E-state index contributed by atoms with van der Waals surface area (Å²) >= 11 is 0. The van der Waals surface area contributed by atoms with Gasteiger partial charge in [0.2, 0.25) is 10.0 Å². The number of para-hydroxylation sites is 3. The van der Waals surface area contributed by atoms with Gasteiger partial charge in [0.15, 0.2) is 0 Å². The second kappa shape index (κ2) is 5.80. The second-order valence-corrected chi connectivity index (χ2v) is 5.99. The first-order chi connectivity index (χ1) is 9.89. The van der Waals surface area contributed by atoms with Gasteiger partial charge in [0, 0.05) is 11.6 Å². The van der Waals surface area contributed by atoms with E-state index in [4.69, 9.17) is 0 Å². The number of hydrogen-bond donors (Lipinski definition) is 2. The molecule has 0 aromatic heterocycles. The Hall–Kier alpha value is -2.61. The highest BCUT2D eigenvalue weighted by molar-refractivity contribution is 7.91. The molecule has 2 aromatic rings. The molecule has 0 aliphatic rings. The van der Waals surface area contributed by atoms with E-state index in [-0.39, 0.29) is 22.7 Å². The zero-order chi connectivity index (χ0) is 15.5. The summed E-state index contributed by atoms with van der Waals surface area (Å²) in [4.78, 5) is 10.2. The minimum atomic E-state index is -3.88. The lowest BCUT2D eigenvalue weighted by molar-refractivity contribution is -0.385. The van der Waals surface area contributed by atoms with Crippen molar-refractivity contribution < 1.29 is 18.4 Å². The van der Waals surface area contributed by atoms with Gasteiger partial charge >= 0.3 is 0 Å². The number of sulfonamides is 1. The van der Waals surface area contributed by atoms with E-state index in [9.17, 15) is 23.6 Å². The van der Waals surface area contributed by atoms with Crippen LogP contribution in [0.4, 0.5) is 11.4 Å². The molecule has 0 bridgehead atoms. The minimum Gasteiger partial charge on any atom is -0.506 e. The van der Waals surface area contributed by atoms with Crippen LogP contribution in [0.15, 0.2) is 48.5 Å². The largest absolute Gasteiger partial charge is 0.506 e.